The quantitative estimate of drug-likeness (QED) is 0.890. The predicted octanol–water partition coefficient (Wildman–Crippen LogP) is 1.99. The molecule has 0 amide bonds. The maximum atomic E-state index is 5.74. The summed E-state index contributed by atoms with van der Waals surface area (Å²) in [6.45, 7) is 1.99. The van der Waals surface area contributed by atoms with Crippen LogP contribution in [0.15, 0.2) is 29.0 Å². The van der Waals surface area contributed by atoms with Crippen LogP contribution in [-0.2, 0) is 6.42 Å². The van der Waals surface area contributed by atoms with Crippen LogP contribution in [-0.4, -0.2) is 15.4 Å². The zero-order chi connectivity index (χ0) is 10.1. The van der Waals surface area contributed by atoms with E-state index in [1.807, 2.05) is 31.5 Å². The van der Waals surface area contributed by atoms with E-state index >= 15 is 0 Å². The fourth-order valence-electron chi connectivity index (χ4n) is 1.47. The third-order valence-corrected chi connectivity index (χ3v) is 2.57. The lowest BCUT2D eigenvalue weighted by atomic mass is 10.2. The highest BCUT2D eigenvalue weighted by Crippen LogP contribution is 2.14. The fraction of sp³-hybridized carbons (Fsp3) is 0.300. The number of hydrogen-bond donors (Lipinski definition) is 1. The van der Waals surface area contributed by atoms with E-state index in [0.29, 0.717) is 0 Å². The fourth-order valence-corrected chi connectivity index (χ4v) is 1.82. The number of nitrogens with two attached hydrogens (primary N) is 1. The number of rotatable bonds is 2. The minimum absolute atomic E-state index is 0.143. The number of imidazole rings is 1. The number of hydrogen-bond acceptors (Lipinski definition) is 2. The Balaban J connectivity index is 2.47. The molecule has 0 spiro atoms. The van der Waals surface area contributed by atoms with Gasteiger partial charge >= 0.3 is 0 Å². The Morgan fingerprint density at radius 1 is 1.64 bits per heavy atom. The van der Waals surface area contributed by atoms with Crippen LogP contribution in [0.25, 0.3) is 5.52 Å². The van der Waals surface area contributed by atoms with Crippen molar-refractivity contribution >= 4 is 21.4 Å². The minimum atomic E-state index is 0.143. The molecule has 4 heteroatoms. The predicted molar refractivity (Wildman–Crippen MR) is 60.2 cm³/mol. The smallest absolute Gasteiger partial charge is 0.114 e. The van der Waals surface area contributed by atoms with Crippen molar-refractivity contribution in [2.75, 3.05) is 0 Å². The van der Waals surface area contributed by atoms with Gasteiger partial charge in [-0.15, -0.1) is 0 Å². The standard InChI is InChI=1S/C10H12BrN3/c1-7(12)4-10-13-6-9-5-8(11)2-3-14(9)10/h2-3,5-7H,4,12H2,1H3. The molecule has 0 saturated carbocycles. The van der Waals surface area contributed by atoms with Crippen LogP contribution >= 0.6 is 15.9 Å². The van der Waals surface area contributed by atoms with E-state index in [4.69, 9.17) is 5.73 Å². The van der Waals surface area contributed by atoms with Crippen LogP contribution in [0.5, 0.6) is 0 Å². The lowest BCUT2D eigenvalue weighted by molar-refractivity contribution is 0.700. The zero-order valence-electron chi connectivity index (χ0n) is 7.94. The summed E-state index contributed by atoms with van der Waals surface area (Å²) in [5.41, 5.74) is 6.83. The van der Waals surface area contributed by atoms with Crippen LogP contribution in [0, 0.1) is 0 Å². The Bertz CT molecular complexity index is 448. The van der Waals surface area contributed by atoms with E-state index in [-0.39, 0.29) is 6.04 Å². The maximum Gasteiger partial charge on any atom is 0.114 e. The van der Waals surface area contributed by atoms with E-state index in [1.165, 1.54) is 0 Å². The topological polar surface area (TPSA) is 43.3 Å². The molecule has 0 aliphatic heterocycles. The van der Waals surface area contributed by atoms with Crippen molar-refractivity contribution in [3.63, 3.8) is 0 Å². The van der Waals surface area contributed by atoms with Crippen molar-refractivity contribution in [3.05, 3.63) is 34.8 Å². The second-order valence-corrected chi connectivity index (χ2v) is 4.41. The molecule has 0 radical (unpaired) electrons. The summed E-state index contributed by atoms with van der Waals surface area (Å²) in [5, 5.41) is 0. The van der Waals surface area contributed by atoms with Gasteiger partial charge in [-0.1, -0.05) is 15.9 Å². The van der Waals surface area contributed by atoms with Gasteiger partial charge < -0.3 is 10.1 Å². The molecule has 3 nitrogen and oxygen atoms in total. The van der Waals surface area contributed by atoms with Crippen LogP contribution < -0.4 is 5.73 Å². The lowest BCUT2D eigenvalue weighted by Crippen LogP contribution is -2.19. The van der Waals surface area contributed by atoms with Crippen molar-refractivity contribution in [1.29, 1.82) is 0 Å². The van der Waals surface area contributed by atoms with E-state index in [0.717, 1.165) is 22.2 Å². The first-order chi connectivity index (χ1) is 6.66. The molecule has 0 aliphatic carbocycles. The molecule has 2 rings (SSSR count). The van der Waals surface area contributed by atoms with Gasteiger partial charge in [-0.25, -0.2) is 4.98 Å². The first kappa shape index (κ1) is 9.68. The second kappa shape index (κ2) is 3.71. The zero-order valence-corrected chi connectivity index (χ0v) is 9.53. The van der Waals surface area contributed by atoms with Crippen molar-refractivity contribution in [2.24, 2.45) is 5.73 Å². The van der Waals surface area contributed by atoms with Gasteiger partial charge in [0.15, 0.2) is 0 Å². The highest BCUT2D eigenvalue weighted by atomic mass is 79.9. The molecule has 0 bridgehead atoms. The Morgan fingerprint density at radius 2 is 2.43 bits per heavy atom. The number of aromatic nitrogens is 2. The molecular weight excluding hydrogens is 242 g/mol. The molecule has 74 valence electrons. The third-order valence-electron chi connectivity index (χ3n) is 2.08. The Morgan fingerprint density at radius 3 is 3.14 bits per heavy atom. The Hall–Kier alpha value is -0.870. The first-order valence-corrected chi connectivity index (χ1v) is 5.33. The van der Waals surface area contributed by atoms with Crippen molar-refractivity contribution in [3.8, 4) is 0 Å². The van der Waals surface area contributed by atoms with E-state index < -0.39 is 0 Å². The first-order valence-electron chi connectivity index (χ1n) is 4.54. The van der Waals surface area contributed by atoms with Crippen molar-refractivity contribution < 1.29 is 0 Å². The summed E-state index contributed by atoms with van der Waals surface area (Å²) in [6.07, 6.45) is 4.67. The van der Waals surface area contributed by atoms with Gasteiger partial charge in [0.2, 0.25) is 0 Å². The van der Waals surface area contributed by atoms with Gasteiger partial charge in [0, 0.05) is 23.1 Å². The average molecular weight is 254 g/mol. The summed E-state index contributed by atoms with van der Waals surface area (Å²) < 4.78 is 3.13. The molecule has 0 saturated heterocycles. The number of pyridine rings is 1. The van der Waals surface area contributed by atoms with Crippen molar-refractivity contribution in [1.82, 2.24) is 9.38 Å². The summed E-state index contributed by atoms with van der Waals surface area (Å²) >= 11 is 3.43. The highest BCUT2D eigenvalue weighted by molar-refractivity contribution is 9.10. The monoisotopic (exact) mass is 253 g/mol. The maximum absolute atomic E-state index is 5.74. The van der Waals surface area contributed by atoms with Crippen LogP contribution in [0.3, 0.4) is 0 Å². The third kappa shape index (κ3) is 1.81. The van der Waals surface area contributed by atoms with E-state index in [2.05, 4.69) is 25.3 Å². The molecule has 1 atom stereocenters. The van der Waals surface area contributed by atoms with Crippen LogP contribution in [0.4, 0.5) is 0 Å². The number of fused-ring (bicyclic) bond motifs is 1. The summed E-state index contributed by atoms with van der Waals surface area (Å²) in [6, 6.07) is 4.18. The van der Waals surface area contributed by atoms with Crippen LogP contribution in [0.1, 0.15) is 12.7 Å². The molecule has 2 heterocycles. The highest BCUT2D eigenvalue weighted by Gasteiger charge is 2.05. The van der Waals surface area contributed by atoms with Gasteiger partial charge in [0.05, 0.1) is 11.7 Å². The second-order valence-electron chi connectivity index (χ2n) is 3.50. The Labute approximate surface area is 91.1 Å². The normalized spacial score (nSPS) is 13.4. The van der Waals surface area contributed by atoms with Gasteiger partial charge in [0.25, 0.3) is 0 Å². The SMILES string of the molecule is CC(N)Cc1ncc2cc(Br)ccn12. The van der Waals surface area contributed by atoms with E-state index in [1.54, 1.807) is 0 Å². The minimum Gasteiger partial charge on any atom is -0.328 e. The molecule has 1 unspecified atom stereocenters. The van der Waals surface area contributed by atoms with E-state index in [9.17, 15) is 0 Å². The molecular formula is C10H12BrN3. The lowest BCUT2D eigenvalue weighted by Gasteiger charge is -2.04. The summed E-state index contributed by atoms with van der Waals surface area (Å²) in [4.78, 5) is 4.34. The summed E-state index contributed by atoms with van der Waals surface area (Å²) in [5.74, 6) is 1.02. The molecule has 0 aromatic carbocycles. The Kier molecular flexibility index (Phi) is 2.56. The molecule has 0 aliphatic rings. The van der Waals surface area contributed by atoms with Gasteiger partial charge in [-0.05, 0) is 19.1 Å². The molecule has 2 aromatic heterocycles. The summed E-state index contributed by atoms with van der Waals surface area (Å²) in [7, 11) is 0. The number of nitrogens with zero attached hydrogens (tertiary/aromatic N) is 2. The molecule has 0 fully saturated rings. The number of halogens is 1. The molecule has 14 heavy (non-hydrogen) atoms. The van der Waals surface area contributed by atoms with Crippen LogP contribution in [0.2, 0.25) is 0 Å². The van der Waals surface area contributed by atoms with Crippen molar-refractivity contribution in [2.45, 2.75) is 19.4 Å². The van der Waals surface area contributed by atoms with Gasteiger partial charge in [-0.3, -0.25) is 0 Å². The largest absolute Gasteiger partial charge is 0.328 e. The van der Waals surface area contributed by atoms with Gasteiger partial charge in [0.1, 0.15) is 5.82 Å². The average Bonchev–Trinajstić information content (AvgIpc) is 2.47. The van der Waals surface area contributed by atoms with Gasteiger partial charge in [-0.2, -0.15) is 0 Å². The molecule has 2 N–H and O–H groups in total. The molecule has 2 aromatic rings.